The van der Waals surface area contributed by atoms with Crippen LogP contribution in [-0.4, -0.2) is 72.5 Å². The van der Waals surface area contributed by atoms with Gasteiger partial charge in [-0.05, 0) is 43.4 Å². The maximum atomic E-state index is 13.1. The smallest absolute Gasteiger partial charge is 0.239 e. The van der Waals surface area contributed by atoms with Crippen molar-refractivity contribution < 1.29 is 9.18 Å². The second-order valence-electron chi connectivity index (χ2n) is 7.50. The summed E-state index contributed by atoms with van der Waals surface area (Å²) in [6.07, 6.45) is 2.29. The summed E-state index contributed by atoms with van der Waals surface area (Å²) >= 11 is 0. The minimum Gasteiger partial charge on any atom is -0.341 e. The number of hydrogen-bond donors (Lipinski definition) is 0. The van der Waals surface area contributed by atoms with E-state index in [0.29, 0.717) is 11.8 Å². The first kappa shape index (κ1) is 18.3. The maximum absolute atomic E-state index is 13.1. The van der Waals surface area contributed by atoms with Crippen LogP contribution in [0.2, 0.25) is 0 Å². The summed E-state index contributed by atoms with van der Waals surface area (Å²) in [4.78, 5) is 19.4. The van der Waals surface area contributed by atoms with Crippen LogP contribution in [0.4, 0.5) is 4.39 Å². The molecule has 2 aliphatic heterocycles. The lowest BCUT2D eigenvalue weighted by Gasteiger charge is -2.39. The zero-order valence-corrected chi connectivity index (χ0v) is 15.5. The molecular weight excluding hydrogens is 317 g/mol. The van der Waals surface area contributed by atoms with Crippen molar-refractivity contribution in [2.24, 2.45) is 0 Å². The monoisotopic (exact) mass is 347 g/mol. The van der Waals surface area contributed by atoms with E-state index in [9.17, 15) is 9.18 Å². The highest BCUT2D eigenvalue weighted by atomic mass is 19.1. The van der Waals surface area contributed by atoms with Gasteiger partial charge in [-0.2, -0.15) is 0 Å². The number of benzene rings is 1. The van der Waals surface area contributed by atoms with Gasteiger partial charge in [0, 0.05) is 45.8 Å². The van der Waals surface area contributed by atoms with E-state index >= 15 is 0 Å². The minimum atomic E-state index is -0.179. The summed E-state index contributed by atoms with van der Waals surface area (Å²) in [7, 11) is 0. The Balaban J connectivity index is 1.46. The largest absolute Gasteiger partial charge is 0.341 e. The van der Waals surface area contributed by atoms with E-state index in [1.165, 1.54) is 17.7 Å². The Bertz CT molecular complexity index is 563. The van der Waals surface area contributed by atoms with Gasteiger partial charge in [-0.3, -0.25) is 9.69 Å². The summed E-state index contributed by atoms with van der Waals surface area (Å²) in [5.74, 6) is 0.502. The molecule has 0 radical (unpaired) electrons. The Morgan fingerprint density at radius 2 is 1.60 bits per heavy atom. The highest BCUT2D eigenvalue weighted by Crippen LogP contribution is 2.19. The molecule has 1 aromatic carbocycles. The fourth-order valence-corrected chi connectivity index (χ4v) is 3.98. The molecule has 2 aliphatic rings. The summed E-state index contributed by atoms with van der Waals surface area (Å²) in [6.45, 7) is 10.9. The van der Waals surface area contributed by atoms with Crippen LogP contribution in [0.25, 0.3) is 0 Å². The molecule has 0 bridgehead atoms. The molecule has 0 aromatic heterocycles. The van der Waals surface area contributed by atoms with Gasteiger partial charge in [0.2, 0.25) is 5.91 Å². The van der Waals surface area contributed by atoms with Crippen LogP contribution in [-0.2, 0) is 4.79 Å². The summed E-state index contributed by atoms with van der Waals surface area (Å²) in [6, 6.07) is 6.83. The number of nitrogens with zero attached hydrogens (tertiary/aromatic N) is 3. The third-order valence-corrected chi connectivity index (χ3v) is 5.70. The third-order valence-electron chi connectivity index (χ3n) is 5.70. The van der Waals surface area contributed by atoms with Crippen LogP contribution in [0.5, 0.6) is 0 Å². The molecule has 0 spiro atoms. The van der Waals surface area contributed by atoms with Gasteiger partial charge in [0.25, 0.3) is 0 Å². The van der Waals surface area contributed by atoms with E-state index in [2.05, 4.69) is 23.6 Å². The van der Waals surface area contributed by atoms with E-state index in [-0.39, 0.29) is 11.9 Å². The first-order chi connectivity index (χ1) is 12.0. The standard InChI is InChI=1S/C20H30FN3O/c1-16(18-5-7-19(21)8-6-18)15-22-11-13-23(14-12-22)17(2)20(25)24-9-3-4-10-24/h5-8,16-17H,3-4,9-15H2,1-2H3/t16-,17-/m0/s1. The van der Waals surface area contributed by atoms with Crippen LogP contribution in [0.3, 0.4) is 0 Å². The normalized spacial score (nSPS) is 22.1. The van der Waals surface area contributed by atoms with Crippen molar-refractivity contribution in [3.8, 4) is 0 Å². The van der Waals surface area contributed by atoms with E-state index in [1.807, 2.05) is 17.0 Å². The predicted octanol–water partition coefficient (Wildman–Crippen LogP) is 2.56. The average Bonchev–Trinajstić information content (AvgIpc) is 3.16. The number of carbonyl (C=O) groups is 1. The molecule has 0 unspecified atom stereocenters. The number of halogens is 1. The first-order valence-corrected chi connectivity index (χ1v) is 9.55. The van der Waals surface area contributed by atoms with Crippen molar-refractivity contribution in [2.75, 3.05) is 45.8 Å². The number of hydrogen-bond acceptors (Lipinski definition) is 3. The molecule has 5 heteroatoms. The van der Waals surface area contributed by atoms with Crippen molar-refractivity contribution in [1.82, 2.24) is 14.7 Å². The van der Waals surface area contributed by atoms with E-state index in [1.54, 1.807) is 0 Å². The highest BCUT2D eigenvalue weighted by molar-refractivity contribution is 5.81. The molecule has 0 saturated carbocycles. The molecule has 1 aromatic rings. The molecule has 1 amide bonds. The van der Waals surface area contributed by atoms with Crippen molar-refractivity contribution in [3.05, 3.63) is 35.6 Å². The molecule has 2 heterocycles. The Morgan fingerprint density at radius 1 is 1.00 bits per heavy atom. The van der Waals surface area contributed by atoms with Crippen molar-refractivity contribution in [2.45, 2.75) is 38.6 Å². The maximum Gasteiger partial charge on any atom is 0.239 e. The van der Waals surface area contributed by atoms with Gasteiger partial charge in [-0.25, -0.2) is 4.39 Å². The molecule has 25 heavy (non-hydrogen) atoms. The Morgan fingerprint density at radius 3 is 2.20 bits per heavy atom. The summed E-state index contributed by atoms with van der Waals surface area (Å²) in [5.41, 5.74) is 1.18. The van der Waals surface area contributed by atoms with Gasteiger partial charge in [-0.1, -0.05) is 19.1 Å². The summed E-state index contributed by atoms with van der Waals surface area (Å²) < 4.78 is 13.1. The molecule has 2 saturated heterocycles. The second-order valence-corrected chi connectivity index (χ2v) is 7.50. The molecular formula is C20H30FN3O. The van der Waals surface area contributed by atoms with Gasteiger partial charge in [0.15, 0.2) is 0 Å². The van der Waals surface area contributed by atoms with Gasteiger partial charge in [0.1, 0.15) is 5.82 Å². The fraction of sp³-hybridized carbons (Fsp3) is 0.650. The Kier molecular flexibility index (Phi) is 6.07. The highest BCUT2D eigenvalue weighted by Gasteiger charge is 2.30. The molecule has 2 fully saturated rings. The van der Waals surface area contributed by atoms with Gasteiger partial charge in [0.05, 0.1) is 6.04 Å². The minimum absolute atomic E-state index is 0.00484. The number of rotatable bonds is 5. The fourth-order valence-electron chi connectivity index (χ4n) is 3.98. The third kappa shape index (κ3) is 4.59. The number of carbonyl (C=O) groups excluding carboxylic acids is 1. The van der Waals surface area contributed by atoms with Crippen molar-refractivity contribution in [3.63, 3.8) is 0 Å². The molecule has 4 nitrogen and oxygen atoms in total. The SMILES string of the molecule is C[C@@H](CN1CCN([C@@H](C)C(=O)N2CCCC2)CC1)c1ccc(F)cc1. The zero-order valence-electron chi connectivity index (χ0n) is 15.5. The number of amides is 1. The number of piperazine rings is 1. The summed E-state index contributed by atoms with van der Waals surface area (Å²) in [5, 5.41) is 0. The molecule has 0 aliphatic carbocycles. The Hall–Kier alpha value is -1.46. The van der Waals surface area contributed by atoms with Crippen LogP contribution in [0, 0.1) is 5.82 Å². The molecule has 2 atom stereocenters. The quantitative estimate of drug-likeness (QED) is 0.819. The lowest BCUT2D eigenvalue weighted by atomic mass is 10.0. The first-order valence-electron chi connectivity index (χ1n) is 9.55. The van der Waals surface area contributed by atoms with Crippen molar-refractivity contribution >= 4 is 5.91 Å². The lowest BCUT2D eigenvalue weighted by Crippen LogP contribution is -2.54. The van der Waals surface area contributed by atoms with Gasteiger partial charge >= 0.3 is 0 Å². The van der Waals surface area contributed by atoms with Crippen molar-refractivity contribution in [1.29, 1.82) is 0 Å². The average molecular weight is 347 g/mol. The van der Waals surface area contributed by atoms with Gasteiger partial charge in [-0.15, -0.1) is 0 Å². The molecule has 3 rings (SSSR count). The van der Waals surface area contributed by atoms with Gasteiger partial charge < -0.3 is 9.80 Å². The van der Waals surface area contributed by atoms with Crippen LogP contribution >= 0.6 is 0 Å². The number of likely N-dealkylation sites (tertiary alicyclic amines) is 1. The predicted molar refractivity (Wildman–Crippen MR) is 98.1 cm³/mol. The molecule has 0 N–H and O–H groups in total. The van der Waals surface area contributed by atoms with Crippen LogP contribution in [0.1, 0.15) is 38.2 Å². The molecule has 138 valence electrons. The van der Waals surface area contributed by atoms with E-state index < -0.39 is 0 Å². The topological polar surface area (TPSA) is 26.8 Å². The zero-order chi connectivity index (χ0) is 17.8. The lowest BCUT2D eigenvalue weighted by molar-refractivity contribution is -0.136. The van der Waals surface area contributed by atoms with Crippen LogP contribution < -0.4 is 0 Å². The Labute approximate surface area is 150 Å². The van der Waals surface area contributed by atoms with E-state index in [4.69, 9.17) is 0 Å². The van der Waals surface area contributed by atoms with Crippen LogP contribution in [0.15, 0.2) is 24.3 Å². The second kappa shape index (κ2) is 8.28. The van der Waals surface area contributed by atoms with E-state index in [0.717, 1.165) is 58.7 Å².